The van der Waals surface area contributed by atoms with E-state index in [1.807, 2.05) is 0 Å². The summed E-state index contributed by atoms with van der Waals surface area (Å²) in [4.78, 5) is 14.1. The number of carbonyl (C=O) groups is 1. The molecule has 5 heteroatoms. The highest BCUT2D eigenvalue weighted by Crippen LogP contribution is 2.13. The number of aliphatic hydroxyl groups is 1. The maximum atomic E-state index is 10.4. The highest BCUT2D eigenvalue weighted by atomic mass is 16.5. The van der Waals surface area contributed by atoms with Crippen molar-refractivity contribution in [2.75, 3.05) is 13.7 Å². The second kappa shape index (κ2) is 6.85. The fourth-order valence-corrected chi connectivity index (χ4v) is 0.716. The minimum Gasteiger partial charge on any atom is -0.494 e. The second-order valence-electron chi connectivity index (χ2n) is 2.18. The van der Waals surface area contributed by atoms with Gasteiger partial charge in [0.05, 0.1) is 7.11 Å². The number of aromatic nitrogens is 1. The quantitative estimate of drug-likeness (QED) is 0.736. The lowest BCUT2D eigenvalue weighted by atomic mass is 10.3. The van der Waals surface area contributed by atoms with Gasteiger partial charge in [-0.25, -0.2) is 9.78 Å². The summed E-state index contributed by atoms with van der Waals surface area (Å²) in [5, 5.41) is 16.1. The third-order valence-corrected chi connectivity index (χ3v) is 1.19. The molecule has 0 saturated heterocycles. The average molecular weight is 199 g/mol. The van der Waals surface area contributed by atoms with E-state index >= 15 is 0 Å². The predicted octanol–water partition coefficient (Wildman–Crippen LogP) is 0.787. The summed E-state index contributed by atoms with van der Waals surface area (Å²) in [6.45, 7) is 1.93. The van der Waals surface area contributed by atoms with Gasteiger partial charge in [0.25, 0.3) is 0 Å². The van der Waals surface area contributed by atoms with E-state index in [4.69, 9.17) is 14.9 Å². The van der Waals surface area contributed by atoms with Gasteiger partial charge in [0.2, 0.25) is 0 Å². The van der Waals surface area contributed by atoms with E-state index < -0.39 is 5.97 Å². The second-order valence-corrected chi connectivity index (χ2v) is 2.18. The van der Waals surface area contributed by atoms with Crippen LogP contribution in [0.1, 0.15) is 17.4 Å². The van der Waals surface area contributed by atoms with Crippen molar-refractivity contribution < 1.29 is 19.7 Å². The molecule has 0 aliphatic heterocycles. The van der Waals surface area contributed by atoms with Crippen LogP contribution in [0.3, 0.4) is 0 Å². The molecule has 0 atom stereocenters. The fraction of sp³-hybridized carbons (Fsp3) is 0.333. The molecule has 0 unspecified atom stereocenters. The van der Waals surface area contributed by atoms with Crippen LogP contribution >= 0.6 is 0 Å². The number of carboxylic acids is 1. The Bertz CT molecular complexity index is 288. The third-order valence-electron chi connectivity index (χ3n) is 1.19. The summed E-state index contributed by atoms with van der Waals surface area (Å²) in [5.74, 6) is -0.803. The SMILES string of the molecule is CCO.COc1cccnc1C(=O)O. The number of hydrogen-bond donors (Lipinski definition) is 2. The molecule has 2 N–H and O–H groups in total. The molecule has 0 saturated carbocycles. The fourth-order valence-electron chi connectivity index (χ4n) is 0.716. The first-order chi connectivity index (χ1) is 6.67. The van der Waals surface area contributed by atoms with E-state index in [-0.39, 0.29) is 18.1 Å². The van der Waals surface area contributed by atoms with Gasteiger partial charge < -0.3 is 14.9 Å². The highest BCUT2D eigenvalue weighted by Gasteiger charge is 2.09. The van der Waals surface area contributed by atoms with Gasteiger partial charge in [-0.1, -0.05) is 0 Å². The van der Waals surface area contributed by atoms with Gasteiger partial charge >= 0.3 is 5.97 Å². The Morgan fingerprint density at radius 2 is 2.21 bits per heavy atom. The number of pyridine rings is 1. The maximum absolute atomic E-state index is 10.4. The summed E-state index contributed by atoms with van der Waals surface area (Å²) in [6.07, 6.45) is 1.41. The number of methoxy groups -OCH3 is 1. The average Bonchev–Trinajstić information content (AvgIpc) is 2.19. The molecule has 14 heavy (non-hydrogen) atoms. The van der Waals surface area contributed by atoms with Gasteiger partial charge in [-0.15, -0.1) is 0 Å². The minimum atomic E-state index is -1.08. The Kier molecular flexibility index (Phi) is 6.06. The van der Waals surface area contributed by atoms with Gasteiger partial charge in [0.1, 0.15) is 0 Å². The molecule has 0 radical (unpaired) electrons. The topological polar surface area (TPSA) is 79.7 Å². The molecule has 1 rings (SSSR count). The molecule has 0 aliphatic carbocycles. The molecular formula is C9H13NO4. The van der Waals surface area contributed by atoms with E-state index in [9.17, 15) is 4.79 Å². The van der Waals surface area contributed by atoms with Gasteiger partial charge in [-0.05, 0) is 19.1 Å². The molecule has 1 aromatic rings. The first-order valence-electron chi connectivity index (χ1n) is 4.00. The maximum Gasteiger partial charge on any atom is 0.358 e. The Labute approximate surface area is 82.0 Å². The highest BCUT2D eigenvalue weighted by molar-refractivity contribution is 5.88. The van der Waals surface area contributed by atoms with Crippen molar-refractivity contribution in [3.8, 4) is 5.75 Å². The van der Waals surface area contributed by atoms with Crippen molar-refractivity contribution in [2.24, 2.45) is 0 Å². The van der Waals surface area contributed by atoms with E-state index in [1.165, 1.54) is 13.3 Å². The Balaban J connectivity index is 0.000000500. The van der Waals surface area contributed by atoms with Crippen LogP contribution in [0.4, 0.5) is 0 Å². The zero-order chi connectivity index (χ0) is 11.0. The number of ether oxygens (including phenoxy) is 1. The van der Waals surface area contributed by atoms with E-state index in [2.05, 4.69) is 4.98 Å². The lowest BCUT2D eigenvalue weighted by molar-refractivity contribution is 0.0686. The largest absolute Gasteiger partial charge is 0.494 e. The molecule has 78 valence electrons. The van der Waals surface area contributed by atoms with Gasteiger partial charge in [0, 0.05) is 12.8 Å². The summed E-state index contributed by atoms with van der Waals surface area (Å²) in [6, 6.07) is 3.17. The van der Waals surface area contributed by atoms with E-state index in [0.29, 0.717) is 0 Å². The zero-order valence-corrected chi connectivity index (χ0v) is 8.10. The molecule has 1 aromatic heterocycles. The minimum absolute atomic E-state index is 0.0602. The van der Waals surface area contributed by atoms with Crippen LogP contribution in [-0.2, 0) is 0 Å². The molecular weight excluding hydrogens is 186 g/mol. The summed E-state index contributed by atoms with van der Waals surface area (Å²) in [5.41, 5.74) is -0.0602. The summed E-state index contributed by atoms with van der Waals surface area (Å²) in [7, 11) is 1.41. The van der Waals surface area contributed by atoms with Crippen molar-refractivity contribution >= 4 is 5.97 Å². The number of rotatable bonds is 2. The van der Waals surface area contributed by atoms with Crippen LogP contribution in [0.5, 0.6) is 5.75 Å². The van der Waals surface area contributed by atoms with Crippen LogP contribution < -0.4 is 4.74 Å². The molecule has 0 bridgehead atoms. The first kappa shape index (κ1) is 12.4. The van der Waals surface area contributed by atoms with Crippen LogP contribution in [0.15, 0.2) is 18.3 Å². The first-order valence-corrected chi connectivity index (χ1v) is 4.00. The molecule has 1 heterocycles. The normalized spacial score (nSPS) is 8.50. The number of hydrogen-bond acceptors (Lipinski definition) is 4. The van der Waals surface area contributed by atoms with E-state index in [0.717, 1.165) is 0 Å². The molecule has 0 aliphatic rings. The van der Waals surface area contributed by atoms with Crippen molar-refractivity contribution in [3.63, 3.8) is 0 Å². The van der Waals surface area contributed by atoms with E-state index in [1.54, 1.807) is 19.1 Å². The smallest absolute Gasteiger partial charge is 0.358 e. The zero-order valence-electron chi connectivity index (χ0n) is 8.10. The summed E-state index contributed by atoms with van der Waals surface area (Å²) >= 11 is 0. The molecule has 0 fully saturated rings. The van der Waals surface area contributed by atoms with Crippen molar-refractivity contribution in [1.29, 1.82) is 0 Å². The van der Waals surface area contributed by atoms with Gasteiger partial charge in [-0.2, -0.15) is 0 Å². The monoisotopic (exact) mass is 199 g/mol. The van der Waals surface area contributed by atoms with Crippen molar-refractivity contribution in [1.82, 2.24) is 4.98 Å². The van der Waals surface area contributed by atoms with Crippen LogP contribution in [0, 0.1) is 0 Å². The molecule has 0 amide bonds. The van der Waals surface area contributed by atoms with Crippen molar-refractivity contribution in [3.05, 3.63) is 24.0 Å². The number of carboxylic acid groups (broad SMARTS) is 1. The molecule has 5 nitrogen and oxygen atoms in total. The van der Waals surface area contributed by atoms with Crippen LogP contribution in [0.25, 0.3) is 0 Å². The third kappa shape index (κ3) is 3.86. The van der Waals surface area contributed by atoms with Crippen LogP contribution in [-0.4, -0.2) is 34.9 Å². The lowest BCUT2D eigenvalue weighted by Gasteiger charge is -2.00. The Morgan fingerprint density at radius 3 is 2.57 bits per heavy atom. The number of aromatic carboxylic acids is 1. The van der Waals surface area contributed by atoms with Crippen molar-refractivity contribution in [2.45, 2.75) is 6.92 Å². The Hall–Kier alpha value is -1.62. The summed E-state index contributed by atoms with van der Waals surface area (Å²) < 4.78 is 4.76. The van der Waals surface area contributed by atoms with Crippen LogP contribution in [0.2, 0.25) is 0 Å². The molecule has 0 aromatic carbocycles. The number of aliphatic hydroxyl groups excluding tert-OH is 1. The van der Waals surface area contributed by atoms with Gasteiger partial charge in [0.15, 0.2) is 11.4 Å². The molecule has 0 spiro atoms. The standard InChI is InChI=1S/C7H7NO3.C2H6O/c1-11-5-3-2-4-8-6(5)7(9)10;1-2-3/h2-4H,1H3,(H,9,10);3H,2H2,1H3. The predicted molar refractivity (Wildman–Crippen MR) is 50.5 cm³/mol. The Morgan fingerprint density at radius 1 is 1.64 bits per heavy atom. The lowest BCUT2D eigenvalue weighted by Crippen LogP contribution is -2.02. The van der Waals surface area contributed by atoms with Gasteiger partial charge in [-0.3, -0.25) is 0 Å². The number of nitrogens with zero attached hydrogens (tertiary/aromatic N) is 1.